The van der Waals surface area contributed by atoms with E-state index in [0.29, 0.717) is 16.5 Å². The van der Waals surface area contributed by atoms with Crippen LogP contribution in [-0.4, -0.2) is 14.9 Å². The smallest absolute Gasteiger partial charge is 0.0997 e. The predicted octanol–water partition coefficient (Wildman–Crippen LogP) is 3.31. The number of aryl methyl sites for hydroxylation is 2. The van der Waals surface area contributed by atoms with Gasteiger partial charge in [0.15, 0.2) is 0 Å². The lowest BCUT2D eigenvalue weighted by Gasteiger charge is -2.13. The van der Waals surface area contributed by atoms with Crippen LogP contribution in [0, 0.1) is 6.92 Å². The van der Waals surface area contributed by atoms with Crippen molar-refractivity contribution in [3.63, 3.8) is 0 Å². The first kappa shape index (κ1) is 13.4. The summed E-state index contributed by atoms with van der Waals surface area (Å²) in [6, 6.07) is 7.18. The van der Waals surface area contributed by atoms with E-state index in [9.17, 15) is 5.11 Å². The van der Waals surface area contributed by atoms with Crippen molar-refractivity contribution in [1.82, 2.24) is 9.78 Å². The summed E-state index contributed by atoms with van der Waals surface area (Å²) in [7, 11) is 1.81. The Balaban J connectivity index is 2.26. The molecule has 2 rings (SSSR count). The molecule has 0 aliphatic carbocycles. The Hall–Kier alpha value is -1.03. The molecular weight excluding hydrogens is 271 g/mol. The van der Waals surface area contributed by atoms with E-state index < -0.39 is 6.10 Å². The van der Waals surface area contributed by atoms with E-state index >= 15 is 0 Å². The Labute approximate surface area is 116 Å². The average molecular weight is 285 g/mol. The van der Waals surface area contributed by atoms with Crippen LogP contribution < -0.4 is 0 Å². The van der Waals surface area contributed by atoms with E-state index in [1.165, 1.54) is 0 Å². The van der Waals surface area contributed by atoms with Crippen molar-refractivity contribution in [2.75, 3.05) is 0 Å². The Morgan fingerprint density at radius 1 is 1.33 bits per heavy atom. The Morgan fingerprint density at radius 3 is 2.44 bits per heavy atom. The van der Waals surface area contributed by atoms with Crippen LogP contribution in [0.1, 0.15) is 23.1 Å². The number of hydrogen-bond acceptors (Lipinski definition) is 2. The highest BCUT2D eigenvalue weighted by molar-refractivity contribution is 6.35. The van der Waals surface area contributed by atoms with E-state index in [0.717, 1.165) is 17.0 Å². The Morgan fingerprint density at radius 2 is 1.94 bits per heavy atom. The second-order valence-electron chi connectivity index (χ2n) is 4.25. The fourth-order valence-corrected chi connectivity index (χ4v) is 2.52. The molecule has 2 aromatic rings. The van der Waals surface area contributed by atoms with E-state index in [1.54, 1.807) is 29.9 Å². The zero-order chi connectivity index (χ0) is 13.3. The summed E-state index contributed by atoms with van der Waals surface area (Å²) >= 11 is 12.2. The van der Waals surface area contributed by atoms with Crippen LogP contribution in [0.2, 0.25) is 10.0 Å². The molecule has 1 aromatic heterocycles. The van der Waals surface area contributed by atoms with Gasteiger partial charge in [-0.1, -0.05) is 29.3 Å². The van der Waals surface area contributed by atoms with Crippen LogP contribution in [0.4, 0.5) is 0 Å². The molecule has 1 heterocycles. The van der Waals surface area contributed by atoms with Gasteiger partial charge in [-0.25, -0.2) is 0 Å². The van der Waals surface area contributed by atoms with E-state index in [2.05, 4.69) is 5.10 Å². The fraction of sp³-hybridized carbons (Fsp3) is 0.308. The highest BCUT2D eigenvalue weighted by atomic mass is 35.5. The van der Waals surface area contributed by atoms with Crippen LogP contribution in [0.15, 0.2) is 24.3 Å². The molecular formula is C13H14Cl2N2O. The maximum absolute atomic E-state index is 10.2. The number of nitrogens with zero attached hydrogens (tertiary/aromatic N) is 2. The number of aliphatic hydroxyl groups excluding tert-OH is 1. The fourth-order valence-electron chi connectivity index (χ4n) is 1.97. The molecule has 18 heavy (non-hydrogen) atoms. The number of aromatic nitrogens is 2. The first-order valence-electron chi connectivity index (χ1n) is 5.60. The third kappa shape index (κ3) is 2.69. The molecule has 1 unspecified atom stereocenters. The lowest BCUT2D eigenvalue weighted by Crippen LogP contribution is -2.08. The van der Waals surface area contributed by atoms with Crippen LogP contribution in [0.25, 0.3) is 0 Å². The van der Waals surface area contributed by atoms with Gasteiger partial charge in [0.2, 0.25) is 0 Å². The molecule has 0 amide bonds. The average Bonchev–Trinajstić information content (AvgIpc) is 2.63. The monoisotopic (exact) mass is 284 g/mol. The van der Waals surface area contributed by atoms with Gasteiger partial charge < -0.3 is 5.11 Å². The van der Waals surface area contributed by atoms with Gasteiger partial charge in [0, 0.05) is 23.5 Å². The minimum atomic E-state index is -0.673. The van der Waals surface area contributed by atoms with Crippen LogP contribution in [0.3, 0.4) is 0 Å². The lowest BCUT2D eigenvalue weighted by molar-refractivity contribution is 0.168. The number of benzene rings is 1. The lowest BCUT2D eigenvalue weighted by atomic mass is 10.1. The second kappa shape index (κ2) is 5.31. The molecule has 96 valence electrons. The second-order valence-corrected chi connectivity index (χ2v) is 5.07. The van der Waals surface area contributed by atoms with Crippen molar-refractivity contribution in [2.45, 2.75) is 19.4 Å². The first-order chi connectivity index (χ1) is 8.49. The molecule has 0 aliphatic heterocycles. The quantitative estimate of drug-likeness (QED) is 0.939. The van der Waals surface area contributed by atoms with Gasteiger partial charge in [0.05, 0.1) is 17.5 Å². The summed E-state index contributed by atoms with van der Waals surface area (Å²) in [5, 5.41) is 15.6. The topological polar surface area (TPSA) is 38.0 Å². The van der Waals surface area contributed by atoms with Crippen molar-refractivity contribution in [2.24, 2.45) is 7.05 Å². The summed E-state index contributed by atoms with van der Waals surface area (Å²) in [5.74, 6) is 0. The Bertz CT molecular complexity index is 546. The van der Waals surface area contributed by atoms with Crippen molar-refractivity contribution in [3.05, 3.63) is 51.3 Å². The largest absolute Gasteiger partial charge is 0.386 e. The molecule has 0 spiro atoms. The van der Waals surface area contributed by atoms with Gasteiger partial charge >= 0.3 is 0 Å². The van der Waals surface area contributed by atoms with Crippen molar-refractivity contribution >= 4 is 23.2 Å². The molecule has 1 N–H and O–H groups in total. The van der Waals surface area contributed by atoms with Crippen LogP contribution in [0.5, 0.6) is 0 Å². The molecule has 5 heteroatoms. The summed E-state index contributed by atoms with van der Waals surface area (Å²) in [5.41, 5.74) is 2.38. The molecule has 1 aromatic carbocycles. The molecule has 3 nitrogen and oxygen atoms in total. The first-order valence-corrected chi connectivity index (χ1v) is 6.36. The maximum atomic E-state index is 10.2. The summed E-state index contributed by atoms with van der Waals surface area (Å²) in [4.78, 5) is 0. The molecule has 1 atom stereocenters. The van der Waals surface area contributed by atoms with Gasteiger partial charge in [0.1, 0.15) is 0 Å². The van der Waals surface area contributed by atoms with E-state index in [-0.39, 0.29) is 0 Å². The molecule has 0 aliphatic rings. The Kier molecular flexibility index (Phi) is 3.95. The highest BCUT2D eigenvalue weighted by Crippen LogP contribution is 2.29. The molecule has 0 radical (unpaired) electrons. The van der Waals surface area contributed by atoms with E-state index in [4.69, 9.17) is 23.2 Å². The summed E-state index contributed by atoms with van der Waals surface area (Å²) in [6.07, 6.45) is -0.300. The molecule has 0 saturated carbocycles. The van der Waals surface area contributed by atoms with Gasteiger partial charge in [-0.15, -0.1) is 0 Å². The zero-order valence-corrected chi connectivity index (χ0v) is 11.7. The minimum absolute atomic E-state index is 0.373. The van der Waals surface area contributed by atoms with Gasteiger partial charge in [-0.05, 0) is 30.7 Å². The highest BCUT2D eigenvalue weighted by Gasteiger charge is 2.16. The van der Waals surface area contributed by atoms with Gasteiger partial charge in [0.25, 0.3) is 0 Å². The van der Waals surface area contributed by atoms with Crippen molar-refractivity contribution in [3.8, 4) is 0 Å². The van der Waals surface area contributed by atoms with Crippen LogP contribution in [-0.2, 0) is 13.5 Å². The number of hydrogen-bond donors (Lipinski definition) is 1. The van der Waals surface area contributed by atoms with Gasteiger partial charge in [-0.3, -0.25) is 4.68 Å². The standard InChI is InChI=1S/C13H14Cl2N2O/c1-8-6-12(17(2)16-8)13(18)7-9-10(14)4-3-5-11(9)15/h3-6,13,18H,7H2,1-2H3. The molecule has 0 fully saturated rings. The normalized spacial score (nSPS) is 12.7. The number of rotatable bonds is 3. The third-order valence-electron chi connectivity index (χ3n) is 2.84. The summed E-state index contributed by atoms with van der Waals surface area (Å²) < 4.78 is 1.67. The maximum Gasteiger partial charge on any atom is 0.0997 e. The molecule has 0 saturated heterocycles. The number of halogens is 2. The SMILES string of the molecule is Cc1cc(C(O)Cc2c(Cl)cccc2Cl)n(C)n1. The summed E-state index contributed by atoms with van der Waals surface area (Å²) in [6.45, 7) is 1.89. The minimum Gasteiger partial charge on any atom is -0.386 e. The third-order valence-corrected chi connectivity index (χ3v) is 3.55. The zero-order valence-electron chi connectivity index (χ0n) is 10.2. The van der Waals surface area contributed by atoms with Crippen molar-refractivity contribution in [1.29, 1.82) is 0 Å². The van der Waals surface area contributed by atoms with E-state index in [1.807, 2.05) is 13.0 Å². The van der Waals surface area contributed by atoms with Crippen molar-refractivity contribution < 1.29 is 5.11 Å². The van der Waals surface area contributed by atoms with Gasteiger partial charge in [-0.2, -0.15) is 5.10 Å². The molecule has 0 bridgehead atoms. The van der Waals surface area contributed by atoms with Crippen LogP contribution >= 0.6 is 23.2 Å². The predicted molar refractivity (Wildman–Crippen MR) is 73.1 cm³/mol. The number of aliphatic hydroxyl groups is 1.